The fourth-order valence-electron chi connectivity index (χ4n) is 3.65. The molecule has 0 radical (unpaired) electrons. The van der Waals surface area contributed by atoms with Gasteiger partial charge in [0.1, 0.15) is 11.5 Å². The molecule has 0 aromatic heterocycles. The molecule has 28 heavy (non-hydrogen) atoms. The van der Waals surface area contributed by atoms with Crippen LogP contribution in [-0.4, -0.2) is 25.4 Å². The molecule has 0 heterocycles. The SMILES string of the molecule is COCCCCC(O)(c1ccccc1Oc1ccccc1C)[C@@H](C)CCCN. The molecule has 0 amide bonds. The average Bonchev–Trinajstić information content (AvgIpc) is 2.71. The summed E-state index contributed by atoms with van der Waals surface area (Å²) in [7, 11) is 1.71. The first kappa shape index (κ1) is 22.4. The molecular formula is C24H35NO3. The van der Waals surface area contributed by atoms with Crippen molar-refractivity contribution in [2.24, 2.45) is 11.7 Å². The Morgan fingerprint density at radius 1 is 1.00 bits per heavy atom. The van der Waals surface area contributed by atoms with Crippen LogP contribution in [0.5, 0.6) is 11.5 Å². The summed E-state index contributed by atoms with van der Waals surface area (Å²) in [4.78, 5) is 0. The Bertz CT molecular complexity index is 719. The van der Waals surface area contributed by atoms with E-state index in [1.165, 1.54) is 0 Å². The summed E-state index contributed by atoms with van der Waals surface area (Å²) < 4.78 is 11.4. The Hall–Kier alpha value is -1.88. The zero-order valence-electron chi connectivity index (χ0n) is 17.5. The number of aryl methyl sites for hydroxylation is 1. The molecule has 2 rings (SSSR count). The lowest BCUT2D eigenvalue weighted by atomic mass is 9.76. The third kappa shape index (κ3) is 5.81. The number of benzene rings is 2. The van der Waals surface area contributed by atoms with Gasteiger partial charge in [0.15, 0.2) is 0 Å². The van der Waals surface area contributed by atoms with Crippen molar-refractivity contribution >= 4 is 0 Å². The van der Waals surface area contributed by atoms with Crippen molar-refractivity contribution in [2.45, 2.75) is 51.6 Å². The van der Waals surface area contributed by atoms with Crippen molar-refractivity contribution < 1.29 is 14.6 Å². The van der Waals surface area contributed by atoms with Gasteiger partial charge in [-0.15, -0.1) is 0 Å². The van der Waals surface area contributed by atoms with Crippen LogP contribution in [0, 0.1) is 12.8 Å². The second kappa shape index (κ2) is 11.2. The van der Waals surface area contributed by atoms with E-state index >= 15 is 0 Å². The highest BCUT2D eigenvalue weighted by Gasteiger charge is 2.37. The van der Waals surface area contributed by atoms with Crippen LogP contribution in [0.15, 0.2) is 48.5 Å². The average molecular weight is 386 g/mol. The summed E-state index contributed by atoms with van der Waals surface area (Å²) in [5.41, 5.74) is 6.67. The Morgan fingerprint density at radius 2 is 1.68 bits per heavy atom. The quantitative estimate of drug-likeness (QED) is 0.495. The molecular weight excluding hydrogens is 350 g/mol. The number of para-hydroxylation sites is 2. The van der Waals surface area contributed by atoms with Gasteiger partial charge in [-0.2, -0.15) is 0 Å². The molecule has 1 unspecified atom stereocenters. The first-order valence-corrected chi connectivity index (χ1v) is 10.3. The van der Waals surface area contributed by atoms with Gasteiger partial charge in [0, 0.05) is 19.3 Å². The molecule has 4 nitrogen and oxygen atoms in total. The zero-order valence-corrected chi connectivity index (χ0v) is 17.5. The molecule has 3 N–H and O–H groups in total. The predicted molar refractivity (Wildman–Crippen MR) is 115 cm³/mol. The molecule has 0 aliphatic rings. The largest absolute Gasteiger partial charge is 0.457 e. The van der Waals surface area contributed by atoms with Crippen LogP contribution in [0.2, 0.25) is 0 Å². The summed E-state index contributed by atoms with van der Waals surface area (Å²) in [6.07, 6.45) is 4.23. The van der Waals surface area contributed by atoms with Gasteiger partial charge in [-0.3, -0.25) is 0 Å². The lowest BCUT2D eigenvalue weighted by Crippen LogP contribution is -2.34. The maximum absolute atomic E-state index is 11.8. The number of hydrogen-bond donors (Lipinski definition) is 2. The molecule has 0 saturated carbocycles. The van der Waals surface area contributed by atoms with Crippen molar-refractivity contribution in [3.63, 3.8) is 0 Å². The van der Waals surface area contributed by atoms with Gasteiger partial charge in [-0.05, 0) is 69.2 Å². The third-order valence-corrected chi connectivity index (χ3v) is 5.48. The zero-order chi connectivity index (χ0) is 20.4. The third-order valence-electron chi connectivity index (χ3n) is 5.48. The minimum Gasteiger partial charge on any atom is -0.457 e. The standard InChI is InChI=1S/C24H35NO3/c1-19-11-4-6-14-22(19)28-23-15-7-5-13-21(23)24(26,16-8-9-18-27-3)20(2)12-10-17-25/h4-7,11,13-15,20,26H,8-10,12,16-18,25H2,1-3H3/t20-,24?/m0/s1. The topological polar surface area (TPSA) is 64.7 Å². The Kier molecular flexibility index (Phi) is 8.97. The van der Waals surface area contributed by atoms with Crippen molar-refractivity contribution in [3.05, 3.63) is 59.7 Å². The smallest absolute Gasteiger partial charge is 0.133 e. The normalized spacial score (nSPS) is 14.5. The Balaban J connectivity index is 2.34. The first-order chi connectivity index (χ1) is 13.5. The number of ether oxygens (including phenoxy) is 2. The molecule has 0 spiro atoms. The highest BCUT2D eigenvalue weighted by molar-refractivity contribution is 5.43. The Labute approximate surface area is 169 Å². The number of unbranched alkanes of at least 4 members (excludes halogenated alkanes) is 1. The molecule has 0 saturated heterocycles. The molecule has 0 fully saturated rings. The van der Waals surface area contributed by atoms with E-state index in [0.29, 0.717) is 25.3 Å². The minimum absolute atomic E-state index is 0.0696. The summed E-state index contributed by atoms with van der Waals surface area (Å²) in [6.45, 7) is 5.47. The van der Waals surface area contributed by atoms with Crippen LogP contribution in [0.4, 0.5) is 0 Å². The van der Waals surface area contributed by atoms with Crippen LogP contribution in [0.3, 0.4) is 0 Å². The number of nitrogens with two attached hydrogens (primary N) is 1. The van der Waals surface area contributed by atoms with Crippen molar-refractivity contribution in [1.29, 1.82) is 0 Å². The molecule has 2 aromatic carbocycles. The highest BCUT2D eigenvalue weighted by atomic mass is 16.5. The van der Waals surface area contributed by atoms with E-state index in [0.717, 1.165) is 42.6 Å². The number of methoxy groups -OCH3 is 1. The second-order valence-corrected chi connectivity index (χ2v) is 7.57. The second-order valence-electron chi connectivity index (χ2n) is 7.57. The van der Waals surface area contributed by atoms with Crippen molar-refractivity contribution in [2.75, 3.05) is 20.3 Å². The van der Waals surface area contributed by atoms with Crippen LogP contribution in [-0.2, 0) is 10.3 Å². The van der Waals surface area contributed by atoms with Gasteiger partial charge in [0.05, 0.1) is 5.60 Å². The van der Waals surface area contributed by atoms with Gasteiger partial charge < -0.3 is 20.3 Å². The van der Waals surface area contributed by atoms with E-state index in [1.807, 2.05) is 55.5 Å². The van der Waals surface area contributed by atoms with Crippen LogP contribution >= 0.6 is 0 Å². The van der Waals surface area contributed by atoms with Crippen LogP contribution in [0.1, 0.15) is 50.2 Å². The van der Waals surface area contributed by atoms with Gasteiger partial charge in [-0.1, -0.05) is 43.3 Å². The molecule has 0 aliphatic heterocycles. The predicted octanol–water partition coefficient (Wildman–Crippen LogP) is 5.17. The van der Waals surface area contributed by atoms with E-state index in [-0.39, 0.29) is 5.92 Å². The van der Waals surface area contributed by atoms with Gasteiger partial charge in [0.2, 0.25) is 0 Å². The molecule has 2 aromatic rings. The monoisotopic (exact) mass is 385 g/mol. The van der Waals surface area contributed by atoms with E-state index in [9.17, 15) is 5.11 Å². The van der Waals surface area contributed by atoms with E-state index in [4.69, 9.17) is 15.2 Å². The molecule has 0 bridgehead atoms. The number of aliphatic hydroxyl groups is 1. The fourth-order valence-corrected chi connectivity index (χ4v) is 3.65. The lowest BCUT2D eigenvalue weighted by molar-refractivity contribution is -0.0333. The van der Waals surface area contributed by atoms with Crippen molar-refractivity contribution in [3.8, 4) is 11.5 Å². The lowest BCUT2D eigenvalue weighted by Gasteiger charge is -2.36. The maximum Gasteiger partial charge on any atom is 0.133 e. The molecule has 0 aliphatic carbocycles. The number of hydrogen-bond acceptors (Lipinski definition) is 4. The van der Waals surface area contributed by atoms with Crippen LogP contribution < -0.4 is 10.5 Å². The van der Waals surface area contributed by atoms with E-state index < -0.39 is 5.60 Å². The summed E-state index contributed by atoms with van der Waals surface area (Å²) >= 11 is 0. The Morgan fingerprint density at radius 3 is 2.36 bits per heavy atom. The summed E-state index contributed by atoms with van der Waals surface area (Å²) in [5, 5.41) is 11.8. The van der Waals surface area contributed by atoms with Crippen LogP contribution in [0.25, 0.3) is 0 Å². The van der Waals surface area contributed by atoms with Gasteiger partial charge in [0.25, 0.3) is 0 Å². The minimum atomic E-state index is -0.970. The van der Waals surface area contributed by atoms with Gasteiger partial charge in [-0.25, -0.2) is 0 Å². The van der Waals surface area contributed by atoms with Crippen molar-refractivity contribution in [1.82, 2.24) is 0 Å². The van der Waals surface area contributed by atoms with E-state index in [1.54, 1.807) is 7.11 Å². The molecule has 4 heteroatoms. The number of rotatable bonds is 12. The highest BCUT2D eigenvalue weighted by Crippen LogP contribution is 2.43. The fraction of sp³-hybridized carbons (Fsp3) is 0.500. The summed E-state index contributed by atoms with van der Waals surface area (Å²) in [6, 6.07) is 15.8. The first-order valence-electron chi connectivity index (χ1n) is 10.3. The summed E-state index contributed by atoms with van der Waals surface area (Å²) in [5.74, 6) is 1.59. The maximum atomic E-state index is 11.8. The van der Waals surface area contributed by atoms with Gasteiger partial charge >= 0.3 is 0 Å². The van der Waals surface area contributed by atoms with E-state index in [2.05, 4.69) is 6.92 Å². The molecule has 2 atom stereocenters. The molecule has 154 valence electrons.